The molecule has 16 heavy (non-hydrogen) atoms. The lowest BCUT2D eigenvalue weighted by molar-refractivity contribution is 0.376. The van der Waals surface area contributed by atoms with Crippen molar-refractivity contribution in [3.63, 3.8) is 0 Å². The number of aromatic nitrogens is 4. The lowest BCUT2D eigenvalue weighted by Gasteiger charge is -1.92. The lowest BCUT2D eigenvalue weighted by atomic mass is 10.3. The summed E-state index contributed by atoms with van der Waals surface area (Å²) in [7, 11) is 0. The normalized spacial score (nSPS) is 23.4. The summed E-state index contributed by atoms with van der Waals surface area (Å²) in [5.74, 6) is 2.81. The predicted octanol–water partition coefficient (Wildman–Crippen LogP) is 1.96. The molecule has 0 radical (unpaired) electrons. The molecule has 2 heterocycles. The predicted molar refractivity (Wildman–Crippen MR) is 56.6 cm³/mol. The second-order valence-corrected chi connectivity index (χ2v) is 4.36. The highest BCUT2D eigenvalue weighted by Gasteiger charge is 2.39. The van der Waals surface area contributed by atoms with Gasteiger partial charge in [0.1, 0.15) is 0 Å². The van der Waals surface area contributed by atoms with Crippen molar-refractivity contribution < 1.29 is 4.52 Å². The molecule has 0 unspecified atom stereocenters. The van der Waals surface area contributed by atoms with Crippen LogP contribution in [0.25, 0.3) is 11.6 Å². The third-order valence-electron chi connectivity index (χ3n) is 2.85. The Bertz CT molecular complexity index is 505. The van der Waals surface area contributed by atoms with Crippen LogP contribution < -0.4 is 0 Å². The Morgan fingerprint density at radius 2 is 1.94 bits per heavy atom. The minimum absolute atomic E-state index is 0.437. The minimum Gasteiger partial charge on any atom is -0.339 e. The molecule has 0 saturated heterocycles. The van der Waals surface area contributed by atoms with Crippen molar-refractivity contribution >= 4 is 0 Å². The fourth-order valence-corrected chi connectivity index (χ4v) is 1.65. The first-order chi connectivity index (χ1) is 7.74. The van der Waals surface area contributed by atoms with E-state index >= 15 is 0 Å². The Morgan fingerprint density at radius 1 is 1.25 bits per heavy atom. The maximum atomic E-state index is 5.20. The van der Waals surface area contributed by atoms with Gasteiger partial charge in [0.25, 0.3) is 0 Å². The molecule has 2 aromatic rings. The zero-order chi connectivity index (χ0) is 11.1. The largest absolute Gasteiger partial charge is 0.339 e. The SMILES string of the molecule is Cc1cnc(-c2noc([C@H]3C[C@@H]3C)n2)nc1. The Balaban J connectivity index is 1.89. The van der Waals surface area contributed by atoms with Crippen LogP contribution >= 0.6 is 0 Å². The van der Waals surface area contributed by atoms with E-state index < -0.39 is 0 Å². The van der Waals surface area contributed by atoms with Gasteiger partial charge in [0.2, 0.25) is 17.5 Å². The first-order valence-electron chi connectivity index (χ1n) is 5.36. The van der Waals surface area contributed by atoms with Gasteiger partial charge in [-0.3, -0.25) is 0 Å². The summed E-state index contributed by atoms with van der Waals surface area (Å²) in [4.78, 5) is 12.6. The molecule has 1 fully saturated rings. The summed E-state index contributed by atoms with van der Waals surface area (Å²) in [6, 6.07) is 0. The van der Waals surface area contributed by atoms with Gasteiger partial charge in [-0.2, -0.15) is 4.98 Å². The first-order valence-corrected chi connectivity index (χ1v) is 5.36. The van der Waals surface area contributed by atoms with Crippen LogP contribution in [0.4, 0.5) is 0 Å². The molecule has 3 rings (SSSR count). The number of nitrogens with zero attached hydrogens (tertiary/aromatic N) is 4. The van der Waals surface area contributed by atoms with Crippen LogP contribution in [0.3, 0.4) is 0 Å². The summed E-state index contributed by atoms with van der Waals surface area (Å²) in [5.41, 5.74) is 1.02. The van der Waals surface area contributed by atoms with Gasteiger partial charge in [-0.15, -0.1) is 0 Å². The molecule has 0 aliphatic heterocycles. The topological polar surface area (TPSA) is 64.7 Å². The van der Waals surface area contributed by atoms with Crippen LogP contribution in [0.1, 0.15) is 30.7 Å². The highest BCUT2D eigenvalue weighted by atomic mass is 16.5. The third-order valence-corrected chi connectivity index (χ3v) is 2.85. The molecule has 5 heteroatoms. The maximum absolute atomic E-state index is 5.20. The molecule has 82 valence electrons. The number of hydrogen-bond donors (Lipinski definition) is 0. The molecule has 1 saturated carbocycles. The highest BCUT2D eigenvalue weighted by Crippen LogP contribution is 2.46. The molecular formula is C11H12N4O. The van der Waals surface area contributed by atoms with Crippen molar-refractivity contribution in [2.45, 2.75) is 26.2 Å². The third kappa shape index (κ3) is 1.58. The van der Waals surface area contributed by atoms with E-state index in [0.29, 0.717) is 29.4 Å². The van der Waals surface area contributed by atoms with Crippen LogP contribution in [0.15, 0.2) is 16.9 Å². The molecule has 2 aromatic heterocycles. The standard InChI is InChI=1S/C11H12N4O/c1-6-4-12-9(13-5-6)10-14-11(16-15-10)8-3-7(8)2/h4-5,7-8H,3H2,1-2H3/t7-,8-/m0/s1. The second-order valence-electron chi connectivity index (χ2n) is 4.36. The van der Waals surface area contributed by atoms with Gasteiger partial charge in [0, 0.05) is 18.3 Å². The highest BCUT2D eigenvalue weighted by molar-refractivity contribution is 5.41. The van der Waals surface area contributed by atoms with Gasteiger partial charge in [0.05, 0.1) is 0 Å². The molecule has 1 aliphatic rings. The molecular weight excluding hydrogens is 204 g/mol. The number of rotatable bonds is 2. The molecule has 0 bridgehead atoms. The van der Waals surface area contributed by atoms with E-state index in [4.69, 9.17) is 4.52 Å². The zero-order valence-corrected chi connectivity index (χ0v) is 9.21. The fourth-order valence-electron chi connectivity index (χ4n) is 1.65. The van der Waals surface area contributed by atoms with E-state index in [2.05, 4.69) is 27.0 Å². The molecule has 0 spiro atoms. The van der Waals surface area contributed by atoms with E-state index in [-0.39, 0.29) is 0 Å². The Labute approximate surface area is 92.9 Å². The van der Waals surface area contributed by atoms with E-state index in [1.807, 2.05) is 6.92 Å². The van der Waals surface area contributed by atoms with E-state index in [1.165, 1.54) is 0 Å². The van der Waals surface area contributed by atoms with E-state index in [0.717, 1.165) is 12.0 Å². The molecule has 0 N–H and O–H groups in total. The smallest absolute Gasteiger partial charge is 0.240 e. The van der Waals surface area contributed by atoms with Crippen molar-refractivity contribution in [3.05, 3.63) is 23.8 Å². The van der Waals surface area contributed by atoms with Gasteiger partial charge < -0.3 is 4.52 Å². The molecule has 0 aromatic carbocycles. The van der Waals surface area contributed by atoms with E-state index in [1.54, 1.807) is 12.4 Å². The number of hydrogen-bond acceptors (Lipinski definition) is 5. The Morgan fingerprint density at radius 3 is 2.56 bits per heavy atom. The van der Waals surface area contributed by atoms with Crippen LogP contribution in [-0.4, -0.2) is 20.1 Å². The van der Waals surface area contributed by atoms with Crippen LogP contribution in [-0.2, 0) is 0 Å². The molecule has 1 aliphatic carbocycles. The van der Waals surface area contributed by atoms with Gasteiger partial charge in [0.15, 0.2) is 0 Å². The Kier molecular flexibility index (Phi) is 1.99. The average Bonchev–Trinajstić information content (AvgIpc) is 2.82. The monoisotopic (exact) mass is 216 g/mol. The maximum Gasteiger partial charge on any atom is 0.240 e. The minimum atomic E-state index is 0.437. The van der Waals surface area contributed by atoms with Gasteiger partial charge in [-0.25, -0.2) is 9.97 Å². The second kappa shape index (κ2) is 3.37. The summed E-state index contributed by atoms with van der Waals surface area (Å²) >= 11 is 0. The summed E-state index contributed by atoms with van der Waals surface area (Å²) < 4.78 is 5.20. The molecule has 5 nitrogen and oxygen atoms in total. The van der Waals surface area contributed by atoms with Gasteiger partial charge >= 0.3 is 0 Å². The summed E-state index contributed by atoms with van der Waals surface area (Å²) in [6.45, 7) is 4.12. The molecule has 0 amide bonds. The van der Waals surface area contributed by atoms with Crippen LogP contribution in [0.5, 0.6) is 0 Å². The lowest BCUT2D eigenvalue weighted by Crippen LogP contribution is -1.91. The quantitative estimate of drug-likeness (QED) is 0.767. The van der Waals surface area contributed by atoms with Crippen molar-refractivity contribution in [2.24, 2.45) is 5.92 Å². The first kappa shape index (κ1) is 9.45. The van der Waals surface area contributed by atoms with Crippen molar-refractivity contribution in [1.29, 1.82) is 0 Å². The van der Waals surface area contributed by atoms with Crippen molar-refractivity contribution in [3.8, 4) is 11.6 Å². The van der Waals surface area contributed by atoms with Crippen molar-refractivity contribution in [2.75, 3.05) is 0 Å². The average molecular weight is 216 g/mol. The zero-order valence-electron chi connectivity index (χ0n) is 9.21. The van der Waals surface area contributed by atoms with Gasteiger partial charge in [-0.05, 0) is 24.8 Å². The van der Waals surface area contributed by atoms with E-state index in [9.17, 15) is 0 Å². The van der Waals surface area contributed by atoms with Crippen LogP contribution in [0, 0.1) is 12.8 Å². The molecule has 2 atom stereocenters. The summed E-state index contributed by atoms with van der Waals surface area (Å²) in [5, 5.41) is 3.90. The number of aryl methyl sites for hydroxylation is 1. The Hall–Kier alpha value is -1.78. The fraction of sp³-hybridized carbons (Fsp3) is 0.455. The summed E-state index contributed by atoms with van der Waals surface area (Å²) in [6.07, 6.45) is 4.63. The van der Waals surface area contributed by atoms with Gasteiger partial charge in [-0.1, -0.05) is 12.1 Å². The van der Waals surface area contributed by atoms with Crippen molar-refractivity contribution in [1.82, 2.24) is 20.1 Å². The van der Waals surface area contributed by atoms with Crippen LogP contribution in [0.2, 0.25) is 0 Å².